The number of hydrogen-bond donors (Lipinski definition) is 3. The first kappa shape index (κ1) is 26.8. The normalized spacial score (nSPS) is 13.7. The summed E-state index contributed by atoms with van der Waals surface area (Å²) in [6.07, 6.45) is 1.34. The smallest absolute Gasteiger partial charge is 0.348 e. The molecule has 0 saturated heterocycles. The fraction of sp³-hybridized carbons (Fsp3) is 0.214. The van der Waals surface area contributed by atoms with Gasteiger partial charge in [0, 0.05) is 31.9 Å². The van der Waals surface area contributed by atoms with Crippen molar-refractivity contribution in [3.05, 3.63) is 119 Å². The summed E-state index contributed by atoms with van der Waals surface area (Å²) in [6, 6.07) is 22.4. The lowest BCUT2D eigenvalue weighted by Crippen LogP contribution is -3.16. The minimum atomic E-state index is -1.82. The van der Waals surface area contributed by atoms with E-state index in [0.717, 1.165) is 12.2 Å². The van der Waals surface area contributed by atoms with Gasteiger partial charge in [0.1, 0.15) is 11.6 Å². The molecule has 4 aromatic rings. The van der Waals surface area contributed by atoms with Crippen LogP contribution in [0.2, 0.25) is 0 Å². The molecule has 2 aromatic carbocycles. The van der Waals surface area contributed by atoms with Gasteiger partial charge in [0.15, 0.2) is 11.9 Å². The first-order valence-corrected chi connectivity index (χ1v) is 12.2. The van der Waals surface area contributed by atoms with E-state index in [2.05, 4.69) is 27.1 Å². The van der Waals surface area contributed by atoms with Crippen molar-refractivity contribution in [3.63, 3.8) is 0 Å². The minimum absolute atomic E-state index is 0.0134. The van der Waals surface area contributed by atoms with Crippen LogP contribution in [0.5, 0.6) is 0 Å². The van der Waals surface area contributed by atoms with E-state index < -0.39 is 29.0 Å². The van der Waals surface area contributed by atoms with Gasteiger partial charge in [0.25, 0.3) is 5.91 Å². The third kappa shape index (κ3) is 6.55. The van der Waals surface area contributed by atoms with Gasteiger partial charge in [-0.25, -0.2) is 14.5 Å². The lowest BCUT2D eigenvalue weighted by molar-refractivity contribution is -0.792. The second-order valence-corrected chi connectivity index (χ2v) is 9.12. The number of pyridine rings is 1. The summed E-state index contributed by atoms with van der Waals surface area (Å²) in [4.78, 5) is 31.6. The van der Waals surface area contributed by atoms with Gasteiger partial charge in [-0.3, -0.25) is 14.8 Å². The van der Waals surface area contributed by atoms with Gasteiger partial charge in [-0.15, -0.1) is 0 Å². The maximum Gasteiger partial charge on any atom is 0.348 e. The minimum Gasteiger partial charge on any atom is -0.626 e. The monoisotopic (exact) mass is 514 g/mol. The number of quaternary nitrogens is 1. The molecule has 4 rings (SSSR count). The van der Waals surface area contributed by atoms with E-state index in [9.17, 15) is 19.9 Å². The number of nitrogens with two attached hydrogens (primary N) is 1. The molecule has 196 valence electrons. The van der Waals surface area contributed by atoms with Crippen LogP contribution in [-0.2, 0) is 24.3 Å². The van der Waals surface area contributed by atoms with E-state index in [-0.39, 0.29) is 17.8 Å². The number of carbonyl (C=O) groups excluding carboxylic acids is 2. The maximum atomic E-state index is 13.4. The molecule has 0 spiro atoms. The van der Waals surface area contributed by atoms with Crippen LogP contribution in [0.1, 0.15) is 27.2 Å². The van der Waals surface area contributed by atoms with Gasteiger partial charge < -0.3 is 16.0 Å². The standard InChI is InChI=1S/C28H30N6O4/c1-32(18-21-11-6-3-7-12-21)19-22-14-16-33(31-22)27-23(13-8-15-30-27)28(37)34(38)24(25(35)26(29)36)17-20-9-4-2-5-10-20/h2-16,24-25,34-35H,17-19H2,1H3,(H2,29,36). The van der Waals surface area contributed by atoms with Crippen molar-refractivity contribution >= 4 is 11.8 Å². The predicted molar refractivity (Wildman–Crippen MR) is 141 cm³/mol. The van der Waals surface area contributed by atoms with Gasteiger partial charge in [-0.1, -0.05) is 60.7 Å². The Morgan fingerprint density at radius 3 is 2.32 bits per heavy atom. The number of benzene rings is 2. The molecule has 0 radical (unpaired) electrons. The Hall–Kier alpha value is -4.22. The molecule has 0 aliphatic heterocycles. The highest BCUT2D eigenvalue weighted by molar-refractivity contribution is 5.91. The lowest BCUT2D eigenvalue weighted by Gasteiger charge is -2.31. The van der Waals surface area contributed by atoms with Crippen molar-refractivity contribution in [2.45, 2.75) is 31.7 Å². The summed E-state index contributed by atoms with van der Waals surface area (Å²) < 4.78 is 1.45. The van der Waals surface area contributed by atoms with E-state index in [1.165, 1.54) is 22.5 Å². The maximum absolute atomic E-state index is 13.4. The molecule has 2 amide bonds. The molecular weight excluding hydrogens is 484 g/mol. The molecule has 10 nitrogen and oxygen atoms in total. The highest BCUT2D eigenvalue weighted by Gasteiger charge is 2.35. The third-order valence-corrected chi connectivity index (χ3v) is 6.15. The number of primary amides is 1. The topological polar surface area (TPSA) is 142 Å². The van der Waals surface area contributed by atoms with E-state index in [0.29, 0.717) is 12.1 Å². The molecule has 0 bridgehead atoms. The van der Waals surface area contributed by atoms with Crippen LogP contribution in [-0.4, -0.2) is 55.8 Å². The van der Waals surface area contributed by atoms with E-state index in [1.54, 1.807) is 42.6 Å². The first-order valence-electron chi connectivity index (χ1n) is 12.2. The number of aromatic nitrogens is 3. The number of rotatable bonds is 11. The molecular formula is C28H30N6O4. The van der Waals surface area contributed by atoms with Crippen molar-refractivity contribution < 1.29 is 19.8 Å². The zero-order chi connectivity index (χ0) is 27.1. The van der Waals surface area contributed by atoms with Crippen molar-refractivity contribution in [1.82, 2.24) is 19.7 Å². The van der Waals surface area contributed by atoms with Crippen molar-refractivity contribution in [1.29, 1.82) is 0 Å². The molecule has 4 N–H and O–H groups in total. The van der Waals surface area contributed by atoms with E-state index in [4.69, 9.17) is 5.73 Å². The van der Waals surface area contributed by atoms with Gasteiger partial charge in [-0.2, -0.15) is 5.10 Å². The van der Waals surface area contributed by atoms with Crippen LogP contribution < -0.4 is 10.8 Å². The van der Waals surface area contributed by atoms with Crippen molar-refractivity contribution in [2.75, 3.05) is 7.05 Å². The fourth-order valence-electron chi connectivity index (χ4n) is 4.26. The summed E-state index contributed by atoms with van der Waals surface area (Å²) >= 11 is 0. The molecule has 0 aliphatic rings. The number of hydrogen-bond acceptors (Lipinski definition) is 7. The average Bonchev–Trinajstić information content (AvgIpc) is 3.39. The highest BCUT2D eigenvalue weighted by Crippen LogP contribution is 2.13. The Kier molecular flexibility index (Phi) is 8.72. The number of amides is 2. The SMILES string of the molecule is CN(Cc1ccccc1)Cc1ccn(-c2ncccc2C(=O)[NH+]([O-])C(Cc2ccccc2)C(O)C(N)=O)n1. The zero-order valence-electron chi connectivity index (χ0n) is 21.0. The number of aliphatic hydroxyl groups is 1. The molecule has 2 heterocycles. The fourth-order valence-corrected chi connectivity index (χ4v) is 4.26. The van der Waals surface area contributed by atoms with Gasteiger partial charge in [0.2, 0.25) is 0 Å². The van der Waals surface area contributed by atoms with Crippen LogP contribution in [0.15, 0.2) is 91.3 Å². The number of nitrogens with one attached hydrogen (secondary N) is 1. The lowest BCUT2D eigenvalue weighted by atomic mass is 10.00. The summed E-state index contributed by atoms with van der Waals surface area (Å²) in [5.41, 5.74) is 7.92. The van der Waals surface area contributed by atoms with Crippen molar-refractivity contribution in [3.8, 4) is 5.82 Å². The van der Waals surface area contributed by atoms with Crippen LogP contribution in [0.4, 0.5) is 0 Å². The second kappa shape index (κ2) is 12.3. The molecule has 0 aliphatic carbocycles. The predicted octanol–water partition coefficient (Wildman–Crippen LogP) is 0.880. The van der Waals surface area contributed by atoms with E-state index in [1.807, 2.05) is 31.3 Å². The largest absolute Gasteiger partial charge is 0.626 e. The first-order chi connectivity index (χ1) is 18.3. The number of aliphatic hydroxyl groups excluding tert-OH is 1. The molecule has 3 unspecified atom stereocenters. The summed E-state index contributed by atoms with van der Waals surface area (Å²) in [7, 11) is 1.98. The van der Waals surface area contributed by atoms with Crippen LogP contribution in [0, 0.1) is 5.21 Å². The Labute approximate surface area is 220 Å². The Morgan fingerprint density at radius 1 is 1.00 bits per heavy atom. The number of nitrogens with zero attached hydrogens (tertiary/aromatic N) is 4. The van der Waals surface area contributed by atoms with Crippen LogP contribution in [0.3, 0.4) is 0 Å². The molecule has 2 aromatic heterocycles. The van der Waals surface area contributed by atoms with E-state index >= 15 is 0 Å². The zero-order valence-corrected chi connectivity index (χ0v) is 21.0. The molecule has 0 saturated carbocycles. The molecule has 38 heavy (non-hydrogen) atoms. The average molecular weight is 515 g/mol. The molecule has 0 fully saturated rings. The number of hydroxylamine groups is 2. The summed E-state index contributed by atoms with van der Waals surface area (Å²) in [5, 5.41) is 27.4. The quantitative estimate of drug-likeness (QED) is 0.252. The van der Waals surface area contributed by atoms with Gasteiger partial charge >= 0.3 is 5.91 Å². The summed E-state index contributed by atoms with van der Waals surface area (Å²) in [6.45, 7) is 1.29. The second-order valence-electron chi connectivity index (χ2n) is 9.12. The Balaban J connectivity index is 1.54. The van der Waals surface area contributed by atoms with Gasteiger partial charge in [-0.05, 0) is 36.4 Å². The van der Waals surface area contributed by atoms with Crippen LogP contribution in [0.25, 0.3) is 5.82 Å². The Bertz CT molecular complexity index is 1360. The Morgan fingerprint density at radius 2 is 1.66 bits per heavy atom. The molecule has 10 heteroatoms. The number of carbonyl (C=O) groups is 2. The third-order valence-electron chi connectivity index (χ3n) is 6.15. The summed E-state index contributed by atoms with van der Waals surface area (Å²) in [5.74, 6) is -1.78. The molecule has 3 atom stereocenters. The van der Waals surface area contributed by atoms with Crippen molar-refractivity contribution in [2.24, 2.45) is 5.73 Å². The van der Waals surface area contributed by atoms with Gasteiger partial charge in [0.05, 0.1) is 5.69 Å². The van der Waals surface area contributed by atoms with Crippen LogP contribution >= 0.6 is 0 Å². The highest BCUT2D eigenvalue weighted by atomic mass is 16.5.